The van der Waals surface area contributed by atoms with Crippen LogP contribution in [0.3, 0.4) is 0 Å². The van der Waals surface area contributed by atoms with Crippen LogP contribution in [0.4, 0.5) is 11.4 Å². The van der Waals surface area contributed by atoms with Gasteiger partial charge in [-0.1, -0.05) is 47.5 Å². The third-order valence-electron chi connectivity index (χ3n) is 4.56. The minimum absolute atomic E-state index is 0.239. The zero-order chi connectivity index (χ0) is 22.2. The van der Waals surface area contributed by atoms with Crippen LogP contribution in [0.1, 0.15) is 0 Å². The quantitative estimate of drug-likeness (QED) is 0.286. The number of fused-ring (bicyclic) bond motifs is 1. The highest BCUT2D eigenvalue weighted by molar-refractivity contribution is 7.92. The lowest BCUT2D eigenvalue weighted by Crippen LogP contribution is -2.13. The summed E-state index contributed by atoms with van der Waals surface area (Å²) in [6.07, 6.45) is 1.65. The number of anilines is 1. The van der Waals surface area contributed by atoms with Crippen LogP contribution in [-0.2, 0) is 10.0 Å². The zero-order valence-corrected chi connectivity index (χ0v) is 17.9. The van der Waals surface area contributed by atoms with E-state index in [9.17, 15) is 18.5 Å². The van der Waals surface area contributed by atoms with Gasteiger partial charge in [0.1, 0.15) is 4.90 Å². The maximum absolute atomic E-state index is 12.8. The highest BCUT2D eigenvalue weighted by atomic mass is 35.5. The molecule has 3 aromatic carbocycles. The molecule has 1 heterocycles. The summed E-state index contributed by atoms with van der Waals surface area (Å²) in [5, 5.41) is 12.8. The second kappa shape index (κ2) is 8.14. The summed E-state index contributed by atoms with van der Waals surface area (Å²) in [5.41, 5.74) is 1.09. The first kappa shape index (κ1) is 21.0. The number of non-ortho nitro benzene ring substituents is 1. The molecule has 0 saturated carbocycles. The van der Waals surface area contributed by atoms with E-state index in [0.717, 1.165) is 29.0 Å². The van der Waals surface area contributed by atoms with Crippen molar-refractivity contribution < 1.29 is 13.3 Å². The molecule has 4 aromatic rings. The molecule has 0 amide bonds. The number of nitro groups is 1. The maximum Gasteiger partial charge on any atom is 0.271 e. The molecule has 0 atom stereocenters. The Kier molecular flexibility index (Phi) is 5.53. The molecule has 1 aromatic heterocycles. The molecule has 0 bridgehead atoms. The van der Waals surface area contributed by atoms with Crippen LogP contribution in [0, 0.1) is 10.1 Å². The molecule has 0 radical (unpaired) electrons. The molecule has 31 heavy (non-hydrogen) atoms. The highest BCUT2D eigenvalue weighted by Crippen LogP contribution is 2.35. The van der Waals surface area contributed by atoms with Crippen LogP contribution in [0.15, 0.2) is 77.8 Å². The molecule has 0 spiro atoms. The predicted octanol–water partition coefficient (Wildman–Crippen LogP) is 5.92. The van der Waals surface area contributed by atoms with Gasteiger partial charge in [-0.15, -0.1) is 0 Å². The number of pyridine rings is 1. The number of rotatable bonds is 5. The van der Waals surface area contributed by atoms with E-state index in [-0.39, 0.29) is 21.3 Å². The van der Waals surface area contributed by atoms with Gasteiger partial charge < -0.3 is 0 Å². The average molecular weight is 474 g/mol. The van der Waals surface area contributed by atoms with E-state index in [2.05, 4.69) is 9.71 Å². The summed E-state index contributed by atoms with van der Waals surface area (Å²) in [5.74, 6) is 0. The zero-order valence-electron chi connectivity index (χ0n) is 15.6. The second-order valence-electron chi connectivity index (χ2n) is 6.55. The standard InChI is InChI=1S/C21H13Cl2N3O4S/c22-18-7-5-14(11-17(18)21-16-4-2-1-3-13(16)9-10-24-21)25-31(29,30)20-8-6-15(26(27)28)12-19(20)23/h1-12,25H. The first-order valence-electron chi connectivity index (χ1n) is 8.87. The van der Waals surface area contributed by atoms with Gasteiger partial charge in [-0.05, 0) is 35.7 Å². The number of hydrogen-bond donors (Lipinski definition) is 1. The average Bonchev–Trinajstić information content (AvgIpc) is 2.74. The van der Waals surface area contributed by atoms with Gasteiger partial charge in [0, 0.05) is 35.0 Å². The fourth-order valence-corrected chi connectivity index (χ4v) is 4.93. The SMILES string of the molecule is O=[N+]([O-])c1ccc(S(=O)(=O)Nc2ccc(Cl)c(-c3nccc4ccccc34)c2)c(Cl)c1. The molecular formula is C21H13Cl2N3O4S. The molecular weight excluding hydrogens is 461 g/mol. The summed E-state index contributed by atoms with van der Waals surface area (Å²) < 4.78 is 28.1. The molecule has 0 fully saturated rings. The van der Waals surface area contributed by atoms with Crippen molar-refractivity contribution in [2.24, 2.45) is 0 Å². The molecule has 0 aliphatic carbocycles. The van der Waals surface area contributed by atoms with Gasteiger partial charge in [-0.25, -0.2) is 8.42 Å². The number of halogens is 2. The minimum Gasteiger partial charge on any atom is -0.280 e. The Morgan fingerprint density at radius 1 is 0.935 bits per heavy atom. The summed E-state index contributed by atoms with van der Waals surface area (Å²) >= 11 is 12.4. The van der Waals surface area contributed by atoms with Gasteiger partial charge in [-0.3, -0.25) is 19.8 Å². The highest BCUT2D eigenvalue weighted by Gasteiger charge is 2.21. The van der Waals surface area contributed by atoms with Gasteiger partial charge in [-0.2, -0.15) is 0 Å². The Labute approximate surface area is 187 Å². The molecule has 10 heteroatoms. The molecule has 0 aliphatic heterocycles. The van der Waals surface area contributed by atoms with Crippen molar-refractivity contribution in [1.29, 1.82) is 0 Å². The van der Waals surface area contributed by atoms with E-state index in [0.29, 0.717) is 16.3 Å². The Balaban J connectivity index is 1.75. The van der Waals surface area contributed by atoms with Crippen molar-refractivity contribution in [3.63, 3.8) is 0 Å². The third kappa shape index (κ3) is 4.18. The summed E-state index contributed by atoms with van der Waals surface area (Å²) in [6.45, 7) is 0. The fraction of sp³-hybridized carbons (Fsp3) is 0. The Bertz CT molecular complexity index is 1440. The van der Waals surface area contributed by atoms with Crippen molar-refractivity contribution in [3.05, 3.63) is 93.1 Å². The first-order chi connectivity index (χ1) is 14.8. The Morgan fingerprint density at radius 2 is 1.71 bits per heavy atom. The van der Waals surface area contributed by atoms with Crippen LogP contribution < -0.4 is 4.72 Å². The number of aromatic nitrogens is 1. The molecule has 1 N–H and O–H groups in total. The van der Waals surface area contributed by atoms with Gasteiger partial charge in [0.05, 0.1) is 20.7 Å². The molecule has 0 saturated heterocycles. The smallest absolute Gasteiger partial charge is 0.271 e. The lowest BCUT2D eigenvalue weighted by Gasteiger charge is -2.13. The maximum atomic E-state index is 12.8. The van der Waals surface area contributed by atoms with Gasteiger partial charge in [0.15, 0.2) is 0 Å². The second-order valence-corrected chi connectivity index (χ2v) is 9.02. The number of nitro benzene ring substituents is 1. The van der Waals surface area contributed by atoms with Crippen LogP contribution in [0.5, 0.6) is 0 Å². The number of nitrogens with zero attached hydrogens (tertiary/aromatic N) is 2. The summed E-state index contributed by atoms with van der Waals surface area (Å²) in [6, 6.07) is 17.3. The van der Waals surface area contributed by atoms with E-state index in [4.69, 9.17) is 23.2 Å². The molecule has 0 unspecified atom stereocenters. The summed E-state index contributed by atoms with van der Waals surface area (Å²) in [4.78, 5) is 14.4. The predicted molar refractivity (Wildman–Crippen MR) is 121 cm³/mol. The Morgan fingerprint density at radius 3 is 2.45 bits per heavy atom. The first-order valence-corrected chi connectivity index (χ1v) is 11.1. The largest absolute Gasteiger partial charge is 0.280 e. The van der Waals surface area contributed by atoms with Crippen LogP contribution in [-0.4, -0.2) is 18.3 Å². The number of sulfonamides is 1. The van der Waals surface area contributed by atoms with E-state index in [1.807, 2.05) is 30.3 Å². The van der Waals surface area contributed by atoms with Crippen LogP contribution in [0.2, 0.25) is 10.0 Å². The summed E-state index contributed by atoms with van der Waals surface area (Å²) in [7, 11) is -4.11. The van der Waals surface area contributed by atoms with Crippen LogP contribution >= 0.6 is 23.2 Å². The van der Waals surface area contributed by atoms with Crippen molar-refractivity contribution in [1.82, 2.24) is 4.98 Å². The van der Waals surface area contributed by atoms with Crippen molar-refractivity contribution in [3.8, 4) is 11.3 Å². The molecule has 156 valence electrons. The van der Waals surface area contributed by atoms with E-state index in [1.165, 1.54) is 6.07 Å². The van der Waals surface area contributed by atoms with Crippen LogP contribution in [0.25, 0.3) is 22.0 Å². The molecule has 0 aliphatic rings. The van der Waals surface area contributed by atoms with E-state index >= 15 is 0 Å². The number of nitrogens with one attached hydrogen (secondary N) is 1. The van der Waals surface area contributed by atoms with Gasteiger partial charge in [0.2, 0.25) is 0 Å². The molecule has 4 rings (SSSR count). The third-order valence-corrected chi connectivity index (χ3v) is 6.76. The Hall–Kier alpha value is -3.20. The van der Waals surface area contributed by atoms with Crippen molar-refractivity contribution in [2.75, 3.05) is 4.72 Å². The monoisotopic (exact) mass is 473 g/mol. The van der Waals surface area contributed by atoms with Crippen molar-refractivity contribution in [2.45, 2.75) is 4.90 Å². The van der Waals surface area contributed by atoms with Gasteiger partial charge in [0.25, 0.3) is 15.7 Å². The lowest BCUT2D eigenvalue weighted by molar-refractivity contribution is -0.384. The van der Waals surface area contributed by atoms with Gasteiger partial charge >= 0.3 is 0 Å². The molecule has 7 nitrogen and oxygen atoms in total. The van der Waals surface area contributed by atoms with E-state index in [1.54, 1.807) is 18.3 Å². The number of hydrogen-bond acceptors (Lipinski definition) is 5. The van der Waals surface area contributed by atoms with Crippen molar-refractivity contribution >= 4 is 55.4 Å². The topological polar surface area (TPSA) is 102 Å². The fourth-order valence-electron chi connectivity index (χ4n) is 3.14. The minimum atomic E-state index is -4.11. The lowest BCUT2D eigenvalue weighted by atomic mass is 10.0. The number of benzene rings is 3. The normalized spacial score (nSPS) is 11.4. The van der Waals surface area contributed by atoms with E-state index < -0.39 is 14.9 Å².